The molecule has 1 saturated heterocycles. The Balaban J connectivity index is 2.50. The van der Waals surface area contributed by atoms with Crippen molar-refractivity contribution in [3.63, 3.8) is 0 Å². The molecular formula is C14H27N3O2. The number of piperazine rings is 1. The van der Waals surface area contributed by atoms with E-state index in [0.717, 1.165) is 6.42 Å². The van der Waals surface area contributed by atoms with Crippen molar-refractivity contribution in [2.75, 3.05) is 26.2 Å². The van der Waals surface area contributed by atoms with Crippen molar-refractivity contribution in [1.29, 1.82) is 0 Å². The summed E-state index contributed by atoms with van der Waals surface area (Å²) in [5.41, 5.74) is 5.97. The van der Waals surface area contributed by atoms with E-state index in [1.54, 1.807) is 4.90 Å². The highest BCUT2D eigenvalue weighted by Crippen LogP contribution is 2.12. The molecule has 0 aliphatic carbocycles. The average molecular weight is 269 g/mol. The third-order valence-corrected chi connectivity index (χ3v) is 3.94. The Morgan fingerprint density at radius 3 is 1.79 bits per heavy atom. The number of carbonyl (C=O) groups excluding carboxylic acids is 2. The molecule has 0 aromatic rings. The molecule has 0 aromatic heterocycles. The summed E-state index contributed by atoms with van der Waals surface area (Å²) in [6.45, 7) is 10.3. The summed E-state index contributed by atoms with van der Waals surface area (Å²) in [6.07, 6.45) is 0.901. The minimum Gasteiger partial charge on any atom is -0.339 e. The maximum absolute atomic E-state index is 12.2. The molecule has 19 heavy (non-hydrogen) atoms. The molecule has 2 atom stereocenters. The van der Waals surface area contributed by atoms with Crippen molar-refractivity contribution >= 4 is 11.8 Å². The van der Waals surface area contributed by atoms with Gasteiger partial charge in [-0.1, -0.05) is 34.1 Å². The van der Waals surface area contributed by atoms with E-state index < -0.39 is 6.04 Å². The van der Waals surface area contributed by atoms with Crippen LogP contribution in [-0.2, 0) is 9.59 Å². The van der Waals surface area contributed by atoms with E-state index in [1.807, 2.05) is 32.6 Å². The largest absolute Gasteiger partial charge is 0.339 e. The maximum Gasteiger partial charge on any atom is 0.239 e. The van der Waals surface area contributed by atoms with E-state index in [4.69, 9.17) is 5.73 Å². The van der Waals surface area contributed by atoms with E-state index in [1.165, 1.54) is 0 Å². The number of hydrogen-bond donors (Lipinski definition) is 1. The number of hydrogen-bond acceptors (Lipinski definition) is 3. The highest BCUT2D eigenvalue weighted by molar-refractivity contribution is 5.83. The van der Waals surface area contributed by atoms with Gasteiger partial charge in [0.1, 0.15) is 0 Å². The van der Waals surface area contributed by atoms with Gasteiger partial charge in [0.05, 0.1) is 6.04 Å². The lowest BCUT2D eigenvalue weighted by Gasteiger charge is -2.37. The Labute approximate surface area is 116 Å². The summed E-state index contributed by atoms with van der Waals surface area (Å²) in [7, 11) is 0. The summed E-state index contributed by atoms with van der Waals surface area (Å²) in [6, 6.07) is -0.419. The molecule has 1 unspecified atom stereocenters. The fraction of sp³-hybridized carbons (Fsp3) is 0.857. The quantitative estimate of drug-likeness (QED) is 0.816. The van der Waals surface area contributed by atoms with Crippen LogP contribution in [-0.4, -0.2) is 53.8 Å². The molecule has 0 bridgehead atoms. The zero-order valence-electron chi connectivity index (χ0n) is 12.6. The standard InChI is InChI=1S/C14H27N3O2/c1-5-11(4)12(15)14(19)17-8-6-16(7-9-17)13(18)10(2)3/h10-12H,5-9,15H2,1-4H3/t11?,12-/m0/s1. The van der Waals surface area contributed by atoms with Gasteiger partial charge in [0.2, 0.25) is 11.8 Å². The van der Waals surface area contributed by atoms with Gasteiger partial charge >= 0.3 is 0 Å². The van der Waals surface area contributed by atoms with Crippen molar-refractivity contribution in [2.24, 2.45) is 17.6 Å². The minimum atomic E-state index is -0.419. The normalized spacial score (nSPS) is 19.5. The molecule has 0 radical (unpaired) electrons. The molecule has 110 valence electrons. The second-order valence-corrected chi connectivity index (χ2v) is 5.72. The first-order chi connectivity index (χ1) is 8.88. The zero-order chi connectivity index (χ0) is 14.6. The second kappa shape index (κ2) is 6.89. The predicted molar refractivity (Wildman–Crippen MR) is 75.4 cm³/mol. The lowest BCUT2D eigenvalue weighted by Crippen LogP contribution is -2.56. The van der Waals surface area contributed by atoms with Gasteiger partial charge in [0.15, 0.2) is 0 Å². The molecule has 5 heteroatoms. The van der Waals surface area contributed by atoms with Crippen molar-refractivity contribution < 1.29 is 9.59 Å². The molecule has 1 heterocycles. The molecule has 1 fully saturated rings. The highest BCUT2D eigenvalue weighted by Gasteiger charge is 2.29. The van der Waals surface area contributed by atoms with E-state index in [2.05, 4.69) is 0 Å². The molecule has 5 nitrogen and oxygen atoms in total. The first-order valence-electron chi connectivity index (χ1n) is 7.21. The molecule has 2 N–H and O–H groups in total. The monoisotopic (exact) mass is 269 g/mol. The smallest absolute Gasteiger partial charge is 0.239 e. The van der Waals surface area contributed by atoms with Crippen molar-refractivity contribution in [3.05, 3.63) is 0 Å². The van der Waals surface area contributed by atoms with Crippen LogP contribution in [0.15, 0.2) is 0 Å². The maximum atomic E-state index is 12.2. The van der Waals surface area contributed by atoms with Crippen LogP contribution in [0.25, 0.3) is 0 Å². The second-order valence-electron chi connectivity index (χ2n) is 5.72. The van der Waals surface area contributed by atoms with Gasteiger partial charge in [-0.05, 0) is 5.92 Å². The predicted octanol–water partition coefficient (Wildman–Crippen LogP) is 0.687. The Hall–Kier alpha value is -1.10. The Bertz CT molecular complexity index is 323. The lowest BCUT2D eigenvalue weighted by molar-refractivity contribution is -0.142. The van der Waals surface area contributed by atoms with E-state index in [-0.39, 0.29) is 23.7 Å². The molecule has 0 aromatic carbocycles. The van der Waals surface area contributed by atoms with Crippen molar-refractivity contribution in [2.45, 2.75) is 40.2 Å². The topological polar surface area (TPSA) is 66.6 Å². The Morgan fingerprint density at radius 2 is 1.42 bits per heavy atom. The summed E-state index contributed by atoms with van der Waals surface area (Å²) < 4.78 is 0. The first kappa shape index (κ1) is 16.0. The summed E-state index contributed by atoms with van der Waals surface area (Å²) in [5.74, 6) is 0.400. The third kappa shape index (κ3) is 3.93. The van der Waals surface area contributed by atoms with Gasteiger partial charge in [0, 0.05) is 32.1 Å². The van der Waals surface area contributed by atoms with Crippen LogP contribution in [0.2, 0.25) is 0 Å². The van der Waals surface area contributed by atoms with Gasteiger partial charge in [-0.15, -0.1) is 0 Å². The van der Waals surface area contributed by atoms with Crippen LogP contribution in [0.4, 0.5) is 0 Å². The van der Waals surface area contributed by atoms with Crippen LogP contribution in [0, 0.1) is 11.8 Å². The summed E-state index contributed by atoms with van der Waals surface area (Å²) in [5, 5.41) is 0. The summed E-state index contributed by atoms with van der Waals surface area (Å²) in [4.78, 5) is 27.7. The van der Waals surface area contributed by atoms with Crippen LogP contribution in [0.5, 0.6) is 0 Å². The van der Waals surface area contributed by atoms with Crippen molar-refractivity contribution in [1.82, 2.24) is 9.80 Å². The molecular weight excluding hydrogens is 242 g/mol. The van der Waals surface area contributed by atoms with Gasteiger partial charge in [-0.25, -0.2) is 0 Å². The van der Waals surface area contributed by atoms with Gasteiger partial charge in [-0.2, -0.15) is 0 Å². The van der Waals surface area contributed by atoms with E-state index in [0.29, 0.717) is 26.2 Å². The SMILES string of the molecule is CCC(C)[C@H](N)C(=O)N1CCN(C(=O)C(C)C)CC1. The highest BCUT2D eigenvalue weighted by atomic mass is 16.2. The van der Waals surface area contributed by atoms with Gasteiger partial charge < -0.3 is 15.5 Å². The van der Waals surface area contributed by atoms with Gasteiger partial charge in [-0.3, -0.25) is 9.59 Å². The van der Waals surface area contributed by atoms with Crippen LogP contribution >= 0.6 is 0 Å². The minimum absolute atomic E-state index is 0.0182. The fourth-order valence-electron chi connectivity index (χ4n) is 2.22. The Kier molecular flexibility index (Phi) is 5.79. The zero-order valence-corrected chi connectivity index (χ0v) is 12.6. The number of amides is 2. The molecule has 1 rings (SSSR count). The molecule has 2 amide bonds. The molecule has 0 saturated carbocycles. The number of carbonyl (C=O) groups is 2. The van der Waals surface area contributed by atoms with Crippen LogP contribution < -0.4 is 5.73 Å². The van der Waals surface area contributed by atoms with Crippen LogP contribution in [0.3, 0.4) is 0 Å². The van der Waals surface area contributed by atoms with Crippen molar-refractivity contribution in [3.8, 4) is 0 Å². The van der Waals surface area contributed by atoms with Crippen LogP contribution in [0.1, 0.15) is 34.1 Å². The average Bonchev–Trinajstić information content (AvgIpc) is 2.44. The number of nitrogens with two attached hydrogens (primary N) is 1. The Morgan fingerprint density at radius 1 is 1.00 bits per heavy atom. The molecule has 1 aliphatic heterocycles. The van der Waals surface area contributed by atoms with E-state index >= 15 is 0 Å². The summed E-state index contributed by atoms with van der Waals surface area (Å²) >= 11 is 0. The first-order valence-corrected chi connectivity index (χ1v) is 7.21. The number of nitrogens with zero attached hydrogens (tertiary/aromatic N) is 2. The lowest BCUT2D eigenvalue weighted by atomic mass is 9.98. The molecule has 0 spiro atoms. The van der Waals surface area contributed by atoms with Gasteiger partial charge in [0.25, 0.3) is 0 Å². The van der Waals surface area contributed by atoms with E-state index in [9.17, 15) is 9.59 Å². The molecule has 1 aliphatic rings. The third-order valence-electron chi connectivity index (χ3n) is 3.94. The fourth-order valence-corrected chi connectivity index (χ4v) is 2.22. The number of rotatable bonds is 4.